The molecule has 1 fully saturated rings. The van der Waals surface area contributed by atoms with E-state index in [1.807, 2.05) is 30.3 Å². The Hall–Kier alpha value is -2.04. The second kappa shape index (κ2) is 7.11. The lowest BCUT2D eigenvalue weighted by atomic mass is 10.0. The summed E-state index contributed by atoms with van der Waals surface area (Å²) in [5.74, 6) is -0.359. The minimum absolute atomic E-state index is 0.110. The van der Waals surface area contributed by atoms with Gasteiger partial charge in [-0.15, -0.1) is 0 Å². The van der Waals surface area contributed by atoms with Crippen LogP contribution < -0.4 is 5.32 Å². The first-order valence-electron chi connectivity index (χ1n) is 7.42. The molecular weight excluding hydrogens is 268 g/mol. The molecule has 21 heavy (non-hydrogen) atoms. The van der Waals surface area contributed by atoms with Gasteiger partial charge in [0.05, 0.1) is 12.5 Å². The van der Waals surface area contributed by atoms with Crippen LogP contribution in [0, 0.1) is 5.92 Å². The van der Waals surface area contributed by atoms with Crippen molar-refractivity contribution in [1.29, 1.82) is 0 Å². The molecule has 5 heteroatoms. The second-order valence-corrected chi connectivity index (χ2v) is 5.52. The number of carboxylic acid groups (broad SMARTS) is 1. The summed E-state index contributed by atoms with van der Waals surface area (Å²) in [6, 6.07) is 8.59. The summed E-state index contributed by atoms with van der Waals surface area (Å²) in [7, 11) is 0. The fourth-order valence-corrected chi connectivity index (χ4v) is 2.70. The molecule has 1 heterocycles. The number of carboxylic acids is 1. The lowest BCUT2D eigenvalue weighted by molar-refractivity contribution is -0.137. The molecule has 0 saturated carbocycles. The van der Waals surface area contributed by atoms with E-state index in [-0.39, 0.29) is 12.5 Å². The average Bonchev–Trinajstić information content (AvgIpc) is 2.96. The number of benzene rings is 1. The predicted octanol–water partition coefficient (Wildman–Crippen LogP) is 2.64. The number of nitrogens with zero attached hydrogens (tertiary/aromatic N) is 1. The quantitative estimate of drug-likeness (QED) is 0.876. The smallest absolute Gasteiger partial charge is 0.317 e. The van der Waals surface area contributed by atoms with Gasteiger partial charge in [0, 0.05) is 13.1 Å². The molecule has 0 aromatic heterocycles. The summed E-state index contributed by atoms with van der Waals surface area (Å²) in [5.41, 5.74) is 0.819. The predicted molar refractivity (Wildman–Crippen MR) is 79.9 cm³/mol. The highest BCUT2D eigenvalue weighted by molar-refractivity contribution is 5.76. The maximum Gasteiger partial charge on any atom is 0.317 e. The third-order valence-electron chi connectivity index (χ3n) is 4.03. The summed E-state index contributed by atoms with van der Waals surface area (Å²) >= 11 is 0. The van der Waals surface area contributed by atoms with Crippen molar-refractivity contribution in [3.63, 3.8) is 0 Å². The van der Waals surface area contributed by atoms with Crippen molar-refractivity contribution in [2.75, 3.05) is 13.1 Å². The van der Waals surface area contributed by atoms with Crippen LogP contribution in [0.2, 0.25) is 0 Å². The third kappa shape index (κ3) is 4.21. The highest BCUT2D eigenvalue weighted by Gasteiger charge is 2.27. The summed E-state index contributed by atoms with van der Waals surface area (Å²) in [6.45, 7) is 3.64. The van der Waals surface area contributed by atoms with Gasteiger partial charge >= 0.3 is 12.0 Å². The average molecular weight is 290 g/mol. The fourth-order valence-electron chi connectivity index (χ4n) is 2.70. The lowest BCUT2D eigenvalue weighted by Gasteiger charge is -2.23. The van der Waals surface area contributed by atoms with Crippen molar-refractivity contribution in [2.45, 2.75) is 32.2 Å². The van der Waals surface area contributed by atoms with Gasteiger partial charge in [0.2, 0.25) is 0 Å². The van der Waals surface area contributed by atoms with Gasteiger partial charge in [0.1, 0.15) is 0 Å². The summed E-state index contributed by atoms with van der Waals surface area (Å²) in [4.78, 5) is 25.1. The van der Waals surface area contributed by atoms with E-state index >= 15 is 0 Å². The molecule has 2 unspecified atom stereocenters. The summed E-state index contributed by atoms with van der Waals surface area (Å²) in [6.07, 6.45) is 1.99. The number of urea groups is 1. The Balaban J connectivity index is 2.02. The van der Waals surface area contributed by atoms with Crippen LogP contribution in [0.1, 0.15) is 37.8 Å². The monoisotopic (exact) mass is 290 g/mol. The van der Waals surface area contributed by atoms with Crippen LogP contribution in [-0.4, -0.2) is 35.1 Å². The molecule has 0 aliphatic carbocycles. The number of amides is 2. The molecule has 1 aliphatic rings. The Labute approximate surface area is 125 Å². The molecule has 2 rings (SSSR count). The highest BCUT2D eigenvalue weighted by Crippen LogP contribution is 2.21. The van der Waals surface area contributed by atoms with E-state index in [1.165, 1.54) is 0 Å². The zero-order valence-corrected chi connectivity index (χ0v) is 12.3. The van der Waals surface area contributed by atoms with Gasteiger partial charge in [-0.25, -0.2) is 4.79 Å². The second-order valence-electron chi connectivity index (χ2n) is 5.52. The van der Waals surface area contributed by atoms with Crippen LogP contribution in [0.25, 0.3) is 0 Å². The Morgan fingerprint density at radius 3 is 2.67 bits per heavy atom. The van der Waals surface area contributed by atoms with Crippen LogP contribution in [-0.2, 0) is 4.79 Å². The van der Waals surface area contributed by atoms with Crippen LogP contribution in [0.5, 0.6) is 0 Å². The molecule has 0 spiro atoms. The minimum Gasteiger partial charge on any atom is -0.481 e. The topological polar surface area (TPSA) is 69.6 Å². The molecule has 1 aliphatic heterocycles. The van der Waals surface area contributed by atoms with E-state index in [2.05, 4.69) is 12.2 Å². The normalized spacial score (nSPS) is 19.3. The molecule has 0 bridgehead atoms. The lowest BCUT2D eigenvalue weighted by Crippen LogP contribution is -2.41. The molecule has 114 valence electrons. The zero-order chi connectivity index (χ0) is 15.2. The van der Waals surface area contributed by atoms with Crippen molar-refractivity contribution >= 4 is 12.0 Å². The number of rotatable bonds is 5. The fraction of sp³-hybridized carbons (Fsp3) is 0.500. The molecule has 1 saturated heterocycles. The van der Waals surface area contributed by atoms with Gasteiger partial charge in [-0.2, -0.15) is 0 Å². The van der Waals surface area contributed by atoms with E-state index in [9.17, 15) is 9.59 Å². The molecule has 1 aromatic carbocycles. The first-order valence-corrected chi connectivity index (χ1v) is 7.42. The first-order chi connectivity index (χ1) is 10.1. The first kappa shape index (κ1) is 15.4. The molecule has 2 atom stereocenters. The van der Waals surface area contributed by atoms with Crippen molar-refractivity contribution in [1.82, 2.24) is 10.2 Å². The van der Waals surface area contributed by atoms with Gasteiger partial charge in [0.15, 0.2) is 0 Å². The van der Waals surface area contributed by atoms with Crippen molar-refractivity contribution in [3.8, 4) is 0 Å². The third-order valence-corrected chi connectivity index (χ3v) is 4.03. The zero-order valence-electron chi connectivity index (χ0n) is 12.3. The van der Waals surface area contributed by atoms with Gasteiger partial charge in [0.25, 0.3) is 0 Å². The maximum atomic E-state index is 12.3. The highest BCUT2D eigenvalue weighted by atomic mass is 16.4. The molecule has 0 radical (unpaired) electrons. The van der Waals surface area contributed by atoms with Gasteiger partial charge in [-0.05, 0) is 17.9 Å². The molecule has 5 nitrogen and oxygen atoms in total. The van der Waals surface area contributed by atoms with Crippen molar-refractivity contribution in [3.05, 3.63) is 35.9 Å². The summed E-state index contributed by atoms with van der Waals surface area (Å²) in [5, 5.41) is 11.9. The SMILES string of the molecule is CCC1CCN(C(=O)NC(CC(=O)O)c2ccccc2)C1. The number of hydrogen-bond acceptors (Lipinski definition) is 2. The number of hydrogen-bond donors (Lipinski definition) is 2. The minimum atomic E-state index is -0.919. The number of nitrogens with one attached hydrogen (secondary N) is 1. The Bertz CT molecular complexity index is 490. The van der Waals surface area contributed by atoms with Crippen LogP contribution in [0.3, 0.4) is 0 Å². The molecule has 2 amide bonds. The van der Waals surface area contributed by atoms with Gasteiger partial charge in [-0.3, -0.25) is 4.79 Å². The van der Waals surface area contributed by atoms with E-state index in [4.69, 9.17) is 5.11 Å². The van der Waals surface area contributed by atoms with E-state index in [0.717, 1.165) is 31.5 Å². The summed E-state index contributed by atoms with van der Waals surface area (Å²) < 4.78 is 0. The number of likely N-dealkylation sites (tertiary alicyclic amines) is 1. The van der Waals surface area contributed by atoms with Gasteiger partial charge < -0.3 is 15.3 Å². The maximum absolute atomic E-state index is 12.3. The van der Waals surface area contributed by atoms with Crippen molar-refractivity contribution in [2.24, 2.45) is 5.92 Å². The van der Waals surface area contributed by atoms with Gasteiger partial charge in [-0.1, -0.05) is 43.7 Å². The van der Waals surface area contributed by atoms with E-state index < -0.39 is 12.0 Å². The largest absolute Gasteiger partial charge is 0.481 e. The van der Waals surface area contributed by atoms with Crippen LogP contribution in [0.15, 0.2) is 30.3 Å². The van der Waals surface area contributed by atoms with E-state index in [0.29, 0.717) is 5.92 Å². The Kier molecular flexibility index (Phi) is 5.20. The number of carbonyl (C=O) groups is 2. The number of aliphatic carboxylic acids is 1. The van der Waals surface area contributed by atoms with E-state index in [1.54, 1.807) is 4.90 Å². The molecule has 2 N–H and O–H groups in total. The van der Waals surface area contributed by atoms with Crippen molar-refractivity contribution < 1.29 is 14.7 Å². The molecular formula is C16H22N2O3. The number of carbonyl (C=O) groups excluding carboxylic acids is 1. The Morgan fingerprint density at radius 1 is 1.38 bits per heavy atom. The van der Waals surface area contributed by atoms with Crippen LogP contribution in [0.4, 0.5) is 4.79 Å². The Morgan fingerprint density at radius 2 is 2.10 bits per heavy atom. The molecule has 1 aromatic rings. The van der Waals surface area contributed by atoms with Crippen LogP contribution >= 0.6 is 0 Å². The standard InChI is InChI=1S/C16H22N2O3/c1-2-12-8-9-18(11-12)16(21)17-14(10-15(19)20)13-6-4-3-5-7-13/h3-7,12,14H,2,8-11H2,1H3,(H,17,21)(H,19,20).